The molecular weight excluding hydrogens is 226 g/mol. The Morgan fingerprint density at radius 2 is 2.28 bits per heavy atom. The van der Waals surface area contributed by atoms with Gasteiger partial charge in [-0.2, -0.15) is 0 Å². The van der Waals surface area contributed by atoms with Gasteiger partial charge in [0, 0.05) is 6.54 Å². The summed E-state index contributed by atoms with van der Waals surface area (Å²) < 4.78 is 7.69. The fraction of sp³-hybridized carbons (Fsp3) is 0.357. The normalized spacial score (nSPS) is 17.3. The van der Waals surface area contributed by atoms with Crippen molar-refractivity contribution in [3.05, 3.63) is 42.4 Å². The van der Waals surface area contributed by atoms with Gasteiger partial charge in [-0.25, -0.2) is 4.98 Å². The molecule has 4 nitrogen and oxygen atoms in total. The van der Waals surface area contributed by atoms with E-state index in [1.165, 1.54) is 0 Å². The monoisotopic (exact) mass is 243 g/mol. The van der Waals surface area contributed by atoms with E-state index in [4.69, 9.17) is 10.5 Å². The molecule has 0 amide bonds. The number of hydrogen-bond acceptors (Lipinski definition) is 3. The van der Waals surface area contributed by atoms with Crippen molar-refractivity contribution < 1.29 is 4.74 Å². The van der Waals surface area contributed by atoms with Crippen LogP contribution in [0.1, 0.15) is 12.8 Å². The quantitative estimate of drug-likeness (QED) is 0.897. The number of ether oxygens (including phenoxy) is 1. The predicted octanol–water partition coefficient (Wildman–Crippen LogP) is 2.06. The number of imidazole rings is 1. The number of fused-ring (bicyclic) bond motifs is 1. The van der Waals surface area contributed by atoms with Gasteiger partial charge in [0.15, 0.2) is 0 Å². The highest BCUT2D eigenvalue weighted by Gasteiger charge is 2.15. The maximum absolute atomic E-state index is 6.19. The Balaban J connectivity index is 1.81. The molecule has 1 aliphatic heterocycles. The van der Waals surface area contributed by atoms with Gasteiger partial charge in [-0.3, -0.25) is 0 Å². The summed E-state index contributed by atoms with van der Waals surface area (Å²) in [5, 5.41) is 0. The Kier molecular flexibility index (Phi) is 3.02. The first-order valence-corrected chi connectivity index (χ1v) is 6.33. The molecule has 1 atom stereocenters. The molecule has 3 rings (SSSR count). The molecule has 0 spiro atoms. The van der Waals surface area contributed by atoms with Crippen LogP contribution in [-0.4, -0.2) is 22.2 Å². The molecule has 0 saturated carbocycles. The lowest BCUT2D eigenvalue weighted by Crippen LogP contribution is -2.30. The summed E-state index contributed by atoms with van der Waals surface area (Å²) in [6, 6.07) is 7.98. The summed E-state index contributed by atoms with van der Waals surface area (Å²) in [5.41, 5.74) is 8.31. The van der Waals surface area contributed by atoms with Gasteiger partial charge in [0.25, 0.3) is 0 Å². The Bertz CT molecular complexity index is 573. The van der Waals surface area contributed by atoms with Crippen molar-refractivity contribution in [2.45, 2.75) is 25.4 Å². The summed E-state index contributed by atoms with van der Waals surface area (Å²) in [5.74, 6) is 0.916. The zero-order valence-electron chi connectivity index (χ0n) is 10.2. The third-order valence-corrected chi connectivity index (χ3v) is 3.25. The van der Waals surface area contributed by atoms with Gasteiger partial charge in [-0.1, -0.05) is 12.1 Å². The second kappa shape index (κ2) is 4.82. The lowest BCUT2D eigenvalue weighted by molar-refractivity contribution is 0.172. The minimum absolute atomic E-state index is 0.0945. The molecule has 2 aromatic rings. The summed E-state index contributed by atoms with van der Waals surface area (Å²) in [7, 11) is 0. The van der Waals surface area contributed by atoms with Gasteiger partial charge in [-0.15, -0.1) is 0 Å². The largest absolute Gasteiger partial charge is 0.497 e. The molecule has 0 radical (unpaired) electrons. The molecular formula is C14H17N3O. The second-order valence-corrected chi connectivity index (χ2v) is 4.59. The van der Waals surface area contributed by atoms with Crippen LogP contribution in [0.15, 0.2) is 42.4 Å². The lowest BCUT2D eigenvalue weighted by Gasteiger charge is -2.21. The summed E-state index contributed by atoms with van der Waals surface area (Å²) >= 11 is 0. The van der Waals surface area contributed by atoms with E-state index in [0.29, 0.717) is 6.54 Å². The van der Waals surface area contributed by atoms with Crippen molar-refractivity contribution >= 4 is 11.0 Å². The van der Waals surface area contributed by atoms with Crippen LogP contribution in [0.5, 0.6) is 0 Å². The average Bonchev–Trinajstić information content (AvgIpc) is 2.83. The van der Waals surface area contributed by atoms with E-state index in [-0.39, 0.29) is 6.04 Å². The van der Waals surface area contributed by atoms with Crippen LogP contribution in [0.3, 0.4) is 0 Å². The van der Waals surface area contributed by atoms with Crippen molar-refractivity contribution in [3.8, 4) is 0 Å². The molecule has 4 heteroatoms. The van der Waals surface area contributed by atoms with Crippen LogP contribution in [-0.2, 0) is 11.3 Å². The number of para-hydroxylation sites is 2. The fourth-order valence-electron chi connectivity index (χ4n) is 2.29. The fourth-order valence-corrected chi connectivity index (χ4v) is 2.29. The molecule has 1 aromatic carbocycles. The maximum Gasteiger partial charge on any atom is 0.110 e. The van der Waals surface area contributed by atoms with Gasteiger partial charge < -0.3 is 15.0 Å². The summed E-state index contributed by atoms with van der Waals surface area (Å²) in [4.78, 5) is 4.36. The standard InChI is InChI=1S/C14H17N3O/c15-11(14-7-3-4-8-18-14)9-17-10-16-12-5-1-2-6-13(12)17/h1-2,5-7,10-11H,3-4,8-9,15H2. The number of benzene rings is 1. The van der Waals surface area contributed by atoms with Gasteiger partial charge in [0.1, 0.15) is 5.76 Å². The van der Waals surface area contributed by atoms with E-state index in [1.54, 1.807) is 0 Å². The second-order valence-electron chi connectivity index (χ2n) is 4.59. The van der Waals surface area contributed by atoms with Gasteiger partial charge in [-0.05, 0) is 31.1 Å². The van der Waals surface area contributed by atoms with Crippen LogP contribution in [0.4, 0.5) is 0 Å². The minimum atomic E-state index is -0.0945. The topological polar surface area (TPSA) is 53.1 Å². The third kappa shape index (κ3) is 2.11. The molecule has 2 heterocycles. The van der Waals surface area contributed by atoms with Crippen molar-refractivity contribution in [1.29, 1.82) is 0 Å². The molecule has 94 valence electrons. The first-order chi connectivity index (χ1) is 8.84. The highest BCUT2D eigenvalue weighted by molar-refractivity contribution is 5.74. The molecule has 18 heavy (non-hydrogen) atoms. The molecule has 1 aliphatic rings. The van der Waals surface area contributed by atoms with E-state index in [9.17, 15) is 0 Å². The molecule has 0 aliphatic carbocycles. The first kappa shape index (κ1) is 11.3. The smallest absolute Gasteiger partial charge is 0.110 e. The van der Waals surface area contributed by atoms with Crippen LogP contribution < -0.4 is 5.73 Å². The minimum Gasteiger partial charge on any atom is -0.497 e. The van der Waals surface area contributed by atoms with Gasteiger partial charge in [0.2, 0.25) is 0 Å². The van der Waals surface area contributed by atoms with E-state index < -0.39 is 0 Å². The number of aromatic nitrogens is 2. The predicted molar refractivity (Wildman–Crippen MR) is 71.0 cm³/mol. The van der Waals surface area contributed by atoms with E-state index in [1.807, 2.05) is 24.5 Å². The Labute approximate surface area is 106 Å². The van der Waals surface area contributed by atoms with Crippen LogP contribution >= 0.6 is 0 Å². The molecule has 0 saturated heterocycles. The number of allylic oxidation sites excluding steroid dienone is 1. The maximum atomic E-state index is 6.19. The zero-order chi connectivity index (χ0) is 12.4. The van der Waals surface area contributed by atoms with Crippen LogP contribution in [0.25, 0.3) is 11.0 Å². The Hall–Kier alpha value is -1.81. The van der Waals surface area contributed by atoms with E-state index in [0.717, 1.165) is 36.2 Å². The average molecular weight is 243 g/mol. The zero-order valence-corrected chi connectivity index (χ0v) is 10.2. The molecule has 0 bridgehead atoms. The first-order valence-electron chi connectivity index (χ1n) is 6.33. The highest BCUT2D eigenvalue weighted by atomic mass is 16.5. The molecule has 1 aromatic heterocycles. The van der Waals surface area contributed by atoms with E-state index >= 15 is 0 Å². The van der Waals surface area contributed by atoms with Gasteiger partial charge in [0.05, 0.1) is 30.0 Å². The van der Waals surface area contributed by atoms with Crippen molar-refractivity contribution in [2.24, 2.45) is 5.73 Å². The van der Waals surface area contributed by atoms with Crippen LogP contribution in [0.2, 0.25) is 0 Å². The summed E-state index contributed by atoms with van der Waals surface area (Å²) in [6.07, 6.45) is 6.10. The van der Waals surface area contributed by atoms with Crippen molar-refractivity contribution in [3.63, 3.8) is 0 Å². The number of rotatable bonds is 3. The van der Waals surface area contributed by atoms with Crippen molar-refractivity contribution in [2.75, 3.05) is 6.61 Å². The van der Waals surface area contributed by atoms with E-state index in [2.05, 4.69) is 21.7 Å². The number of nitrogens with two attached hydrogens (primary N) is 1. The van der Waals surface area contributed by atoms with Crippen LogP contribution in [0, 0.1) is 0 Å². The van der Waals surface area contributed by atoms with Crippen molar-refractivity contribution in [1.82, 2.24) is 9.55 Å². The lowest BCUT2D eigenvalue weighted by atomic mass is 10.1. The molecule has 0 fully saturated rings. The summed E-state index contributed by atoms with van der Waals surface area (Å²) in [6.45, 7) is 1.48. The highest BCUT2D eigenvalue weighted by Crippen LogP contribution is 2.16. The van der Waals surface area contributed by atoms with Gasteiger partial charge >= 0.3 is 0 Å². The number of hydrogen-bond donors (Lipinski definition) is 1. The Morgan fingerprint density at radius 1 is 1.39 bits per heavy atom. The SMILES string of the molecule is NC(Cn1cnc2ccccc21)C1=CCCCO1. The third-order valence-electron chi connectivity index (χ3n) is 3.25. The number of nitrogens with zero attached hydrogens (tertiary/aromatic N) is 2. The Morgan fingerprint density at radius 3 is 3.11 bits per heavy atom. The molecule has 2 N–H and O–H groups in total. The molecule has 1 unspecified atom stereocenters.